The molecular formula is C10H8NO. The van der Waals surface area contributed by atoms with Crippen molar-refractivity contribution in [3.05, 3.63) is 35.9 Å². The fraction of sp³-hybridized carbons (Fsp3) is 0.100. The monoisotopic (exact) mass is 158 g/mol. The Balaban J connectivity index is 2.89. The van der Waals surface area contributed by atoms with Gasteiger partial charge in [-0.25, -0.2) is 4.98 Å². The molecule has 1 radical (unpaired) electrons. The molecule has 0 atom stereocenters. The SMILES string of the molecule is Cc1cc([O])nc2ccccc12. The number of para-hydroxylation sites is 1. The predicted octanol–water partition coefficient (Wildman–Crippen LogP) is 2.69. The molecule has 0 fully saturated rings. The van der Waals surface area contributed by atoms with E-state index in [4.69, 9.17) is 0 Å². The zero-order chi connectivity index (χ0) is 8.55. The van der Waals surface area contributed by atoms with Crippen molar-refractivity contribution >= 4 is 10.9 Å². The molecule has 0 saturated heterocycles. The maximum absolute atomic E-state index is 11.0. The number of aryl methyl sites for hydroxylation is 1. The summed E-state index contributed by atoms with van der Waals surface area (Å²) in [5.74, 6) is -0.161. The summed E-state index contributed by atoms with van der Waals surface area (Å²) in [6.07, 6.45) is 0. The highest BCUT2D eigenvalue weighted by molar-refractivity contribution is 5.82. The summed E-state index contributed by atoms with van der Waals surface area (Å²) in [4.78, 5) is 3.88. The van der Waals surface area contributed by atoms with Gasteiger partial charge in [-0.1, -0.05) is 18.2 Å². The molecule has 0 N–H and O–H groups in total. The maximum Gasteiger partial charge on any atom is 0.270 e. The van der Waals surface area contributed by atoms with Crippen molar-refractivity contribution in [1.82, 2.24) is 4.98 Å². The van der Waals surface area contributed by atoms with Crippen molar-refractivity contribution in [2.75, 3.05) is 0 Å². The van der Waals surface area contributed by atoms with Crippen LogP contribution >= 0.6 is 0 Å². The van der Waals surface area contributed by atoms with E-state index in [2.05, 4.69) is 4.98 Å². The topological polar surface area (TPSA) is 32.8 Å². The Hall–Kier alpha value is -1.57. The molecule has 2 nitrogen and oxygen atoms in total. The molecule has 2 aromatic rings. The predicted molar refractivity (Wildman–Crippen MR) is 46.6 cm³/mol. The zero-order valence-electron chi connectivity index (χ0n) is 6.74. The molecule has 0 aliphatic heterocycles. The van der Waals surface area contributed by atoms with E-state index in [1.54, 1.807) is 6.07 Å². The Morgan fingerprint density at radius 3 is 2.83 bits per heavy atom. The van der Waals surface area contributed by atoms with Gasteiger partial charge < -0.3 is 0 Å². The summed E-state index contributed by atoms with van der Waals surface area (Å²) in [6, 6.07) is 9.21. The van der Waals surface area contributed by atoms with E-state index in [0.29, 0.717) is 0 Å². The van der Waals surface area contributed by atoms with E-state index in [9.17, 15) is 5.11 Å². The van der Waals surface area contributed by atoms with Gasteiger partial charge in [0.1, 0.15) is 0 Å². The van der Waals surface area contributed by atoms with E-state index in [1.165, 1.54) is 0 Å². The van der Waals surface area contributed by atoms with E-state index < -0.39 is 0 Å². The van der Waals surface area contributed by atoms with Crippen molar-refractivity contribution < 1.29 is 5.11 Å². The van der Waals surface area contributed by atoms with E-state index >= 15 is 0 Å². The lowest BCUT2D eigenvalue weighted by Crippen LogP contribution is -1.81. The average molecular weight is 158 g/mol. The average Bonchev–Trinajstić information content (AvgIpc) is 2.04. The largest absolute Gasteiger partial charge is 0.270 e. The Bertz CT molecular complexity index is 423. The van der Waals surface area contributed by atoms with Crippen LogP contribution in [0.15, 0.2) is 30.3 Å². The van der Waals surface area contributed by atoms with E-state index in [1.807, 2.05) is 31.2 Å². The number of pyridine rings is 1. The summed E-state index contributed by atoms with van der Waals surface area (Å²) >= 11 is 0. The van der Waals surface area contributed by atoms with Crippen LogP contribution in [0.5, 0.6) is 5.88 Å². The lowest BCUT2D eigenvalue weighted by molar-refractivity contribution is 0.339. The van der Waals surface area contributed by atoms with Gasteiger partial charge in [0.25, 0.3) is 5.88 Å². The van der Waals surface area contributed by atoms with Crippen molar-refractivity contribution in [2.45, 2.75) is 6.92 Å². The van der Waals surface area contributed by atoms with E-state index in [-0.39, 0.29) is 5.88 Å². The smallest absolute Gasteiger partial charge is 0.267 e. The highest BCUT2D eigenvalue weighted by Crippen LogP contribution is 2.19. The number of aromatic nitrogens is 1. The van der Waals surface area contributed by atoms with Gasteiger partial charge in [0.15, 0.2) is 0 Å². The number of hydrogen-bond donors (Lipinski definition) is 0. The highest BCUT2D eigenvalue weighted by atomic mass is 16.3. The summed E-state index contributed by atoms with van der Waals surface area (Å²) in [5, 5.41) is 12.0. The first-order valence-corrected chi connectivity index (χ1v) is 3.81. The number of fused-ring (bicyclic) bond motifs is 1. The van der Waals surface area contributed by atoms with Gasteiger partial charge in [0.2, 0.25) is 0 Å². The molecule has 0 saturated carbocycles. The molecule has 12 heavy (non-hydrogen) atoms. The molecule has 59 valence electrons. The fourth-order valence-corrected chi connectivity index (χ4v) is 1.32. The first-order chi connectivity index (χ1) is 5.77. The minimum atomic E-state index is -0.161. The molecule has 0 bridgehead atoms. The third-order valence-electron chi connectivity index (χ3n) is 1.90. The van der Waals surface area contributed by atoms with Gasteiger partial charge in [-0.2, -0.15) is 0 Å². The molecule has 0 amide bonds. The lowest BCUT2D eigenvalue weighted by atomic mass is 10.1. The van der Waals surface area contributed by atoms with Crippen LogP contribution in [-0.2, 0) is 5.11 Å². The van der Waals surface area contributed by atoms with Gasteiger partial charge in [-0.3, -0.25) is 5.11 Å². The molecule has 1 aromatic heterocycles. The van der Waals surface area contributed by atoms with Crippen molar-refractivity contribution in [3.8, 4) is 5.88 Å². The van der Waals surface area contributed by atoms with Crippen LogP contribution in [0.1, 0.15) is 5.56 Å². The molecule has 2 heteroatoms. The van der Waals surface area contributed by atoms with Gasteiger partial charge in [0.05, 0.1) is 5.52 Å². The lowest BCUT2D eigenvalue weighted by Gasteiger charge is -1.99. The maximum atomic E-state index is 11.0. The number of hydrogen-bond acceptors (Lipinski definition) is 1. The summed E-state index contributed by atoms with van der Waals surface area (Å²) in [7, 11) is 0. The Kier molecular flexibility index (Phi) is 1.47. The fourth-order valence-electron chi connectivity index (χ4n) is 1.32. The van der Waals surface area contributed by atoms with Crippen molar-refractivity contribution in [2.24, 2.45) is 0 Å². The van der Waals surface area contributed by atoms with Crippen LogP contribution in [0.2, 0.25) is 0 Å². The first-order valence-electron chi connectivity index (χ1n) is 3.81. The van der Waals surface area contributed by atoms with Gasteiger partial charge in [-0.15, -0.1) is 0 Å². The van der Waals surface area contributed by atoms with Crippen LogP contribution in [0.4, 0.5) is 0 Å². The second kappa shape index (κ2) is 2.48. The molecule has 2 rings (SSSR count). The van der Waals surface area contributed by atoms with Crippen LogP contribution in [-0.4, -0.2) is 4.98 Å². The van der Waals surface area contributed by atoms with Crippen LogP contribution < -0.4 is 0 Å². The first kappa shape index (κ1) is 7.10. The minimum absolute atomic E-state index is 0.161. The summed E-state index contributed by atoms with van der Waals surface area (Å²) in [6.45, 7) is 1.92. The quantitative estimate of drug-likeness (QED) is 0.580. The molecule has 0 aliphatic rings. The second-order valence-electron chi connectivity index (χ2n) is 2.79. The number of nitrogens with zero attached hydrogens (tertiary/aromatic N) is 1. The Morgan fingerprint density at radius 1 is 1.25 bits per heavy atom. The summed E-state index contributed by atoms with van der Waals surface area (Å²) in [5.41, 5.74) is 1.77. The third kappa shape index (κ3) is 1.01. The Labute approximate surface area is 70.5 Å². The number of benzene rings is 1. The molecule has 0 spiro atoms. The summed E-state index contributed by atoms with van der Waals surface area (Å²) < 4.78 is 0. The van der Waals surface area contributed by atoms with E-state index in [0.717, 1.165) is 16.5 Å². The molecule has 1 heterocycles. The second-order valence-corrected chi connectivity index (χ2v) is 2.79. The van der Waals surface area contributed by atoms with Crippen LogP contribution in [0.25, 0.3) is 10.9 Å². The standard InChI is InChI=1S/C10H8NO/c1-7-6-10(12)11-9-5-3-2-4-8(7)9/h2-6H,1H3. The van der Waals surface area contributed by atoms with Crippen molar-refractivity contribution in [3.63, 3.8) is 0 Å². The third-order valence-corrected chi connectivity index (χ3v) is 1.90. The number of rotatable bonds is 0. The van der Waals surface area contributed by atoms with Gasteiger partial charge in [0, 0.05) is 11.5 Å². The van der Waals surface area contributed by atoms with Crippen molar-refractivity contribution in [1.29, 1.82) is 0 Å². The zero-order valence-corrected chi connectivity index (χ0v) is 6.74. The molecular weight excluding hydrogens is 150 g/mol. The van der Waals surface area contributed by atoms with Crippen LogP contribution in [0, 0.1) is 6.92 Å². The Morgan fingerprint density at radius 2 is 2.00 bits per heavy atom. The van der Waals surface area contributed by atoms with Gasteiger partial charge >= 0.3 is 0 Å². The van der Waals surface area contributed by atoms with Crippen LogP contribution in [0.3, 0.4) is 0 Å². The molecule has 0 unspecified atom stereocenters. The highest BCUT2D eigenvalue weighted by Gasteiger charge is 2.00. The van der Waals surface area contributed by atoms with Gasteiger partial charge in [-0.05, 0) is 18.6 Å². The molecule has 0 aliphatic carbocycles. The minimum Gasteiger partial charge on any atom is -0.267 e. The normalized spacial score (nSPS) is 10.4. The molecule has 1 aromatic carbocycles.